The van der Waals surface area contributed by atoms with Crippen molar-refractivity contribution in [2.75, 3.05) is 27.9 Å². The van der Waals surface area contributed by atoms with Crippen molar-refractivity contribution >= 4 is 5.97 Å². The standard InChI is InChI=1S/C21H24F2O7/c1-5-28-15-8-6-7-14(19(15)30-21(22)23)12-29-18(24)11-13-9-16(25-2)20(27-4)17(10-13)26-3/h6-10,21H,5,11-12H2,1-4H3. The van der Waals surface area contributed by atoms with Gasteiger partial charge in [0.15, 0.2) is 23.0 Å². The number of alkyl halides is 2. The number of methoxy groups -OCH3 is 3. The minimum absolute atomic E-state index is 0.0904. The minimum atomic E-state index is -3.04. The molecule has 9 heteroatoms. The van der Waals surface area contributed by atoms with Crippen molar-refractivity contribution in [1.82, 2.24) is 0 Å². The Morgan fingerprint density at radius 2 is 1.63 bits per heavy atom. The van der Waals surface area contributed by atoms with Crippen molar-refractivity contribution < 1.29 is 42.0 Å². The first-order chi connectivity index (χ1) is 14.4. The number of esters is 1. The monoisotopic (exact) mass is 426 g/mol. The Labute approximate surface area is 173 Å². The lowest BCUT2D eigenvalue weighted by Gasteiger charge is -2.16. The Morgan fingerprint density at radius 1 is 0.967 bits per heavy atom. The van der Waals surface area contributed by atoms with Gasteiger partial charge in [-0.1, -0.05) is 12.1 Å². The summed E-state index contributed by atoms with van der Waals surface area (Å²) in [7, 11) is 4.41. The lowest BCUT2D eigenvalue weighted by Crippen LogP contribution is -2.11. The first-order valence-electron chi connectivity index (χ1n) is 9.07. The number of rotatable bonds is 11. The van der Waals surface area contributed by atoms with Gasteiger partial charge in [0.25, 0.3) is 0 Å². The predicted octanol–water partition coefficient (Wildman–Crippen LogP) is 4.00. The van der Waals surface area contributed by atoms with Crippen LogP contribution in [0.5, 0.6) is 28.7 Å². The van der Waals surface area contributed by atoms with Gasteiger partial charge in [-0.05, 0) is 30.7 Å². The van der Waals surface area contributed by atoms with Crippen LogP contribution in [0.2, 0.25) is 0 Å². The van der Waals surface area contributed by atoms with Crippen LogP contribution in [0.1, 0.15) is 18.1 Å². The summed E-state index contributed by atoms with van der Waals surface area (Å²) in [6.07, 6.45) is -0.0904. The molecule has 0 amide bonds. The molecule has 0 aliphatic rings. The lowest BCUT2D eigenvalue weighted by atomic mass is 10.1. The molecule has 2 rings (SSSR count). The Balaban J connectivity index is 2.14. The van der Waals surface area contributed by atoms with E-state index >= 15 is 0 Å². The molecule has 7 nitrogen and oxygen atoms in total. The second-order valence-corrected chi connectivity index (χ2v) is 5.93. The fraction of sp³-hybridized carbons (Fsp3) is 0.381. The van der Waals surface area contributed by atoms with Crippen LogP contribution in [0.4, 0.5) is 8.78 Å². The van der Waals surface area contributed by atoms with Gasteiger partial charge in [0.05, 0.1) is 34.4 Å². The minimum Gasteiger partial charge on any atom is -0.493 e. The number of ether oxygens (including phenoxy) is 6. The Bertz CT molecular complexity index is 830. The smallest absolute Gasteiger partial charge is 0.387 e. The number of para-hydroxylation sites is 1. The van der Waals surface area contributed by atoms with Crippen LogP contribution in [0.25, 0.3) is 0 Å². The molecule has 0 fully saturated rings. The van der Waals surface area contributed by atoms with Gasteiger partial charge >= 0.3 is 12.6 Å². The summed E-state index contributed by atoms with van der Waals surface area (Å²) in [6.45, 7) is -1.31. The second kappa shape index (κ2) is 11.1. The van der Waals surface area contributed by atoms with E-state index in [1.807, 2.05) is 0 Å². The molecule has 2 aromatic carbocycles. The fourth-order valence-corrected chi connectivity index (χ4v) is 2.78. The third-order valence-corrected chi connectivity index (χ3v) is 4.03. The molecular formula is C21H24F2O7. The van der Waals surface area contributed by atoms with Crippen molar-refractivity contribution in [3.05, 3.63) is 41.5 Å². The van der Waals surface area contributed by atoms with Gasteiger partial charge in [0.1, 0.15) is 6.61 Å². The maximum atomic E-state index is 12.8. The molecule has 0 saturated heterocycles. The number of hydrogen-bond acceptors (Lipinski definition) is 7. The van der Waals surface area contributed by atoms with Crippen molar-refractivity contribution in [2.45, 2.75) is 26.6 Å². The van der Waals surface area contributed by atoms with Gasteiger partial charge in [-0.3, -0.25) is 4.79 Å². The molecule has 0 bridgehead atoms. The van der Waals surface area contributed by atoms with Gasteiger partial charge in [-0.15, -0.1) is 0 Å². The van der Waals surface area contributed by atoms with Crippen LogP contribution in [-0.2, 0) is 22.6 Å². The summed E-state index contributed by atoms with van der Waals surface area (Å²) >= 11 is 0. The highest BCUT2D eigenvalue weighted by Gasteiger charge is 2.18. The van der Waals surface area contributed by atoms with Crippen LogP contribution in [0.3, 0.4) is 0 Å². The van der Waals surface area contributed by atoms with Gasteiger partial charge in [0.2, 0.25) is 5.75 Å². The molecule has 0 spiro atoms. The zero-order chi connectivity index (χ0) is 22.1. The van der Waals surface area contributed by atoms with Gasteiger partial charge in [-0.25, -0.2) is 0 Å². The van der Waals surface area contributed by atoms with Crippen molar-refractivity contribution in [3.8, 4) is 28.7 Å². The van der Waals surface area contributed by atoms with Crippen molar-refractivity contribution in [1.29, 1.82) is 0 Å². The quantitative estimate of drug-likeness (QED) is 0.503. The molecule has 0 radical (unpaired) electrons. The third kappa shape index (κ3) is 5.88. The fourth-order valence-electron chi connectivity index (χ4n) is 2.78. The molecule has 2 aromatic rings. The summed E-state index contributed by atoms with van der Waals surface area (Å²) < 4.78 is 56.5. The molecule has 30 heavy (non-hydrogen) atoms. The van der Waals surface area contributed by atoms with Crippen LogP contribution < -0.4 is 23.7 Å². The molecule has 0 saturated carbocycles. The SMILES string of the molecule is CCOc1cccc(COC(=O)Cc2cc(OC)c(OC)c(OC)c2)c1OC(F)F. The summed E-state index contributed by atoms with van der Waals surface area (Å²) in [4.78, 5) is 12.3. The molecule has 0 N–H and O–H groups in total. The highest BCUT2D eigenvalue weighted by Crippen LogP contribution is 2.38. The van der Waals surface area contributed by atoms with E-state index in [4.69, 9.17) is 23.7 Å². The molecule has 0 heterocycles. The summed E-state index contributed by atoms with van der Waals surface area (Å²) in [5.74, 6) is 0.618. The number of halogens is 2. The Hall–Kier alpha value is -3.23. The van der Waals surface area contributed by atoms with E-state index in [1.54, 1.807) is 25.1 Å². The zero-order valence-corrected chi connectivity index (χ0v) is 17.2. The first-order valence-corrected chi connectivity index (χ1v) is 9.07. The van der Waals surface area contributed by atoms with Gasteiger partial charge in [-0.2, -0.15) is 8.78 Å². The van der Waals surface area contributed by atoms with E-state index in [0.717, 1.165) is 0 Å². The second-order valence-electron chi connectivity index (χ2n) is 5.93. The molecule has 0 unspecified atom stereocenters. The molecule has 0 aromatic heterocycles. The molecule has 164 valence electrons. The van der Waals surface area contributed by atoms with E-state index in [1.165, 1.54) is 33.5 Å². The van der Waals surface area contributed by atoms with E-state index < -0.39 is 12.6 Å². The normalized spacial score (nSPS) is 10.5. The van der Waals surface area contributed by atoms with E-state index in [-0.39, 0.29) is 36.7 Å². The topological polar surface area (TPSA) is 72.5 Å². The largest absolute Gasteiger partial charge is 0.493 e. The van der Waals surface area contributed by atoms with Crippen LogP contribution in [0.15, 0.2) is 30.3 Å². The highest BCUT2D eigenvalue weighted by atomic mass is 19.3. The highest BCUT2D eigenvalue weighted by molar-refractivity contribution is 5.73. The van der Waals surface area contributed by atoms with Crippen molar-refractivity contribution in [3.63, 3.8) is 0 Å². The maximum absolute atomic E-state index is 12.8. The van der Waals surface area contributed by atoms with Crippen LogP contribution in [0, 0.1) is 0 Å². The molecular weight excluding hydrogens is 402 g/mol. The Kier molecular flexibility index (Phi) is 8.52. The number of carbonyl (C=O) groups is 1. The molecule has 0 aliphatic heterocycles. The molecule has 0 aliphatic carbocycles. The zero-order valence-electron chi connectivity index (χ0n) is 17.2. The Morgan fingerprint density at radius 3 is 2.17 bits per heavy atom. The number of carbonyl (C=O) groups excluding carboxylic acids is 1. The summed E-state index contributed by atoms with van der Waals surface area (Å²) in [6, 6.07) is 7.88. The number of benzene rings is 2. The number of hydrogen-bond donors (Lipinski definition) is 0. The van der Waals surface area contributed by atoms with Crippen LogP contribution >= 0.6 is 0 Å². The third-order valence-electron chi connectivity index (χ3n) is 4.03. The van der Waals surface area contributed by atoms with Crippen LogP contribution in [-0.4, -0.2) is 40.5 Å². The van der Waals surface area contributed by atoms with Gasteiger partial charge in [0, 0.05) is 5.56 Å². The van der Waals surface area contributed by atoms with E-state index in [9.17, 15) is 13.6 Å². The predicted molar refractivity (Wildman–Crippen MR) is 104 cm³/mol. The average Bonchev–Trinajstić information content (AvgIpc) is 2.73. The molecule has 0 atom stereocenters. The van der Waals surface area contributed by atoms with Gasteiger partial charge < -0.3 is 28.4 Å². The lowest BCUT2D eigenvalue weighted by molar-refractivity contribution is -0.144. The van der Waals surface area contributed by atoms with E-state index in [0.29, 0.717) is 22.8 Å². The summed E-state index contributed by atoms with van der Waals surface area (Å²) in [5.41, 5.74) is 0.834. The first kappa shape index (κ1) is 23.1. The van der Waals surface area contributed by atoms with Crippen molar-refractivity contribution in [2.24, 2.45) is 0 Å². The average molecular weight is 426 g/mol. The van der Waals surface area contributed by atoms with E-state index in [2.05, 4.69) is 4.74 Å². The summed E-state index contributed by atoms with van der Waals surface area (Å²) in [5, 5.41) is 0. The maximum Gasteiger partial charge on any atom is 0.387 e.